The molecule has 40 heavy (non-hydrogen) atoms. The molecule has 0 spiro atoms. The van der Waals surface area contributed by atoms with E-state index >= 15 is 0 Å². The predicted molar refractivity (Wildman–Crippen MR) is 164 cm³/mol. The van der Waals surface area contributed by atoms with Gasteiger partial charge in [0.05, 0.1) is 23.1 Å². The van der Waals surface area contributed by atoms with Crippen LogP contribution in [0.15, 0.2) is 66.7 Å². The van der Waals surface area contributed by atoms with Crippen LogP contribution in [0.3, 0.4) is 0 Å². The number of rotatable bonds is 14. The lowest BCUT2D eigenvalue weighted by Crippen LogP contribution is -2.40. The van der Waals surface area contributed by atoms with Crippen molar-refractivity contribution in [2.24, 2.45) is 0 Å². The molecule has 1 aliphatic rings. The van der Waals surface area contributed by atoms with E-state index in [1.54, 1.807) is 12.1 Å². The Kier molecular flexibility index (Phi) is 10.2. The first-order valence-corrected chi connectivity index (χ1v) is 18.6. The molecule has 2 unspecified atom stereocenters. The lowest BCUT2D eigenvalue weighted by atomic mass is 9.97. The molecule has 216 valence electrons. The van der Waals surface area contributed by atoms with Crippen LogP contribution in [0.5, 0.6) is 11.5 Å². The first-order chi connectivity index (χ1) is 19.1. The van der Waals surface area contributed by atoms with Crippen molar-refractivity contribution in [2.75, 3.05) is 24.3 Å². The number of ether oxygens (including phenoxy) is 2. The highest BCUT2D eigenvalue weighted by molar-refractivity contribution is 7.92. The Morgan fingerprint density at radius 1 is 0.925 bits per heavy atom. The maximum absolute atomic E-state index is 12.0. The molecule has 3 aromatic carbocycles. The van der Waals surface area contributed by atoms with Crippen molar-refractivity contribution >= 4 is 35.6 Å². The molecule has 4 rings (SSSR count). The van der Waals surface area contributed by atoms with Crippen LogP contribution in [0.4, 0.5) is 5.69 Å². The van der Waals surface area contributed by atoms with Gasteiger partial charge >= 0.3 is 0 Å². The van der Waals surface area contributed by atoms with E-state index in [1.165, 1.54) is 5.56 Å². The number of anilines is 1. The van der Waals surface area contributed by atoms with Gasteiger partial charge in [0.25, 0.3) is 0 Å². The van der Waals surface area contributed by atoms with Crippen LogP contribution >= 0.6 is 11.6 Å². The van der Waals surface area contributed by atoms with Crippen LogP contribution in [-0.2, 0) is 20.9 Å². The number of fused-ring (bicyclic) bond motifs is 1. The van der Waals surface area contributed by atoms with Crippen LogP contribution in [0, 0.1) is 0 Å². The highest BCUT2D eigenvalue weighted by atomic mass is 35.5. The monoisotopic (exact) mass is 602 g/mol. The zero-order chi connectivity index (χ0) is 28.8. The molecular formula is C30H39ClN2O5SSi. The molecule has 0 saturated carbocycles. The topological polar surface area (TPSA) is 85.9 Å². The Hall–Kier alpha value is -2.56. The molecule has 10 heteroatoms. The van der Waals surface area contributed by atoms with Gasteiger partial charge in [-0.1, -0.05) is 74.8 Å². The molecule has 1 heterocycles. The second kappa shape index (κ2) is 13.4. The minimum atomic E-state index is -3.50. The highest BCUT2D eigenvalue weighted by Gasteiger charge is 2.33. The van der Waals surface area contributed by atoms with Crippen molar-refractivity contribution in [1.82, 2.24) is 5.32 Å². The molecule has 0 bridgehead atoms. The molecule has 2 atom stereocenters. The number of sulfonamides is 1. The third-order valence-electron chi connectivity index (χ3n) is 7.61. The van der Waals surface area contributed by atoms with E-state index in [4.69, 9.17) is 25.5 Å². The summed E-state index contributed by atoms with van der Waals surface area (Å²) >= 11 is 6.37. The molecule has 7 nitrogen and oxygen atoms in total. The molecule has 3 aromatic rings. The van der Waals surface area contributed by atoms with Gasteiger partial charge in [-0.15, -0.1) is 0 Å². The Morgan fingerprint density at radius 3 is 2.27 bits per heavy atom. The van der Waals surface area contributed by atoms with E-state index in [0.717, 1.165) is 53.4 Å². The number of benzene rings is 3. The summed E-state index contributed by atoms with van der Waals surface area (Å²) in [5.74, 6) is 1.49. The fourth-order valence-electron chi connectivity index (χ4n) is 5.09. The number of nitrogens with one attached hydrogen (secondary N) is 2. The zero-order valence-electron chi connectivity index (χ0n) is 23.6. The summed E-state index contributed by atoms with van der Waals surface area (Å²) in [6.45, 7) is 7.36. The van der Waals surface area contributed by atoms with Crippen molar-refractivity contribution in [3.8, 4) is 11.5 Å². The SMILES string of the molecule is CC[Si](CC)(CC)OC(CNC(Cc1ccccc1)c1ccc2c(c1)OCO2)c1ccc(Cl)c(NS(C)(=O)=O)c1. The Bertz CT molecular complexity index is 1380. The van der Waals surface area contributed by atoms with E-state index in [1.807, 2.05) is 36.4 Å². The summed E-state index contributed by atoms with van der Waals surface area (Å²) in [7, 11) is -5.53. The molecule has 0 saturated heterocycles. The number of halogens is 1. The van der Waals surface area contributed by atoms with Gasteiger partial charge < -0.3 is 19.2 Å². The van der Waals surface area contributed by atoms with Gasteiger partial charge in [-0.3, -0.25) is 4.72 Å². The standard InChI is InChI=1S/C30H39ClN2O5SSi/c1-5-40(6-2,7-3)38-30(24-13-15-25(31)27(18-24)33-39(4,34)35)20-32-26(17-22-11-9-8-10-12-22)23-14-16-28-29(19-23)37-21-36-28/h8-16,18-19,26,30,32-33H,5-7,17,20-21H2,1-4H3. The van der Waals surface area contributed by atoms with Crippen LogP contribution in [0.2, 0.25) is 23.2 Å². The third-order valence-corrected chi connectivity index (χ3v) is 13.2. The largest absolute Gasteiger partial charge is 0.454 e. The lowest BCUT2D eigenvalue weighted by Gasteiger charge is -2.35. The second-order valence-corrected chi connectivity index (χ2v) is 17.1. The summed E-state index contributed by atoms with van der Waals surface area (Å²) in [4.78, 5) is 0. The van der Waals surface area contributed by atoms with E-state index in [9.17, 15) is 8.42 Å². The van der Waals surface area contributed by atoms with Crippen molar-refractivity contribution in [3.05, 3.63) is 88.4 Å². The molecular weight excluding hydrogens is 564 g/mol. The van der Waals surface area contributed by atoms with Gasteiger partial charge in [0.2, 0.25) is 16.8 Å². The van der Waals surface area contributed by atoms with Gasteiger partial charge in [-0.2, -0.15) is 0 Å². The van der Waals surface area contributed by atoms with Crippen molar-refractivity contribution in [3.63, 3.8) is 0 Å². The Labute approximate surface area is 244 Å². The van der Waals surface area contributed by atoms with E-state index in [-0.39, 0.29) is 18.9 Å². The maximum Gasteiger partial charge on any atom is 0.231 e. The van der Waals surface area contributed by atoms with Gasteiger partial charge in [0.1, 0.15) is 0 Å². The highest BCUT2D eigenvalue weighted by Crippen LogP contribution is 2.36. The van der Waals surface area contributed by atoms with Gasteiger partial charge in [0, 0.05) is 12.6 Å². The van der Waals surface area contributed by atoms with Crippen LogP contribution < -0.4 is 19.5 Å². The maximum atomic E-state index is 12.0. The molecule has 1 aliphatic heterocycles. The smallest absolute Gasteiger partial charge is 0.231 e. The Morgan fingerprint density at radius 2 is 1.60 bits per heavy atom. The Balaban J connectivity index is 1.67. The second-order valence-electron chi connectivity index (χ2n) is 10.2. The van der Waals surface area contributed by atoms with Crippen molar-refractivity contribution in [1.29, 1.82) is 0 Å². The van der Waals surface area contributed by atoms with Crippen LogP contribution in [0.1, 0.15) is 49.6 Å². The van der Waals surface area contributed by atoms with Gasteiger partial charge in [-0.05, 0) is 65.5 Å². The first kappa shape index (κ1) is 30.4. The molecule has 0 radical (unpaired) electrons. The quantitative estimate of drug-likeness (QED) is 0.192. The minimum absolute atomic E-state index is 0.0233. The fourth-order valence-corrected chi connectivity index (χ4v) is 8.70. The van der Waals surface area contributed by atoms with Crippen molar-refractivity contribution in [2.45, 2.75) is 57.5 Å². The average Bonchev–Trinajstić information content (AvgIpc) is 3.42. The van der Waals surface area contributed by atoms with E-state index < -0.39 is 18.3 Å². The van der Waals surface area contributed by atoms with E-state index in [0.29, 0.717) is 17.3 Å². The fraction of sp³-hybridized carbons (Fsp3) is 0.400. The predicted octanol–water partition coefficient (Wildman–Crippen LogP) is 7.08. The molecule has 0 fully saturated rings. The lowest BCUT2D eigenvalue weighted by molar-refractivity contribution is 0.174. The number of hydrogen-bond acceptors (Lipinski definition) is 6. The third kappa shape index (κ3) is 7.79. The summed E-state index contributed by atoms with van der Waals surface area (Å²) in [5.41, 5.74) is 3.52. The number of hydrogen-bond donors (Lipinski definition) is 2. The average molecular weight is 603 g/mol. The van der Waals surface area contributed by atoms with Gasteiger partial charge in [-0.25, -0.2) is 8.42 Å². The first-order valence-electron chi connectivity index (χ1n) is 13.8. The summed E-state index contributed by atoms with van der Waals surface area (Å²) in [6.07, 6.45) is 1.59. The normalized spacial score (nSPS) is 14.6. The van der Waals surface area contributed by atoms with E-state index in [2.05, 4.69) is 49.0 Å². The minimum Gasteiger partial charge on any atom is -0.454 e. The molecule has 2 N–H and O–H groups in total. The van der Waals surface area contributed by atoms with Gasteiger partial charge in [0.15, 0.2) is 19.8 Å². The molecule has 0 amide bonds. The summed E-state index contributed by atoms with van der Waals surface area (Å²) < 4.78 is 44.8. The van der Waals surface area contributed by atoms with Crippen molar-refractivity contribution < 1.29 is 22.3 Å². The van der Waals surface area contributed by atoms with Crippen LogP contribution in [-0.4, -0.2) is 36.3 Å². The summed E-state index contributed by atoms with van der Waals surface area (Å²) in [6, 6.07) is 24.8. The summed E-state index contributed by atoms with van der Waals surface area (Å²) in [5, 5.41) is 4.12. The van der Waals surface area contributed by atoms with Crippen LogP contribution in [0.25, 0.3) is 0 Å². The zero-order valence-corrected chi connectivity index (χ0v) is 26.1. The molecule has 0 aromatic heterocycles. The molecule has 0 aliphatic carbocycles.